The van der Waals surface area contributed by atoms with Gasteiger partial charge in [0, 0.05) is 6.07 Å². The molecule has 2 rings (SSSR count). The summed E-state index contributed by atoms with van der Waals surface area (Å²) in [6, 6.07) is 8.37. The summed E-state index contributed by atoms with van der Waals surface area (Å²) in [6.45, 7) is -0.180. The molecule has 102 valence electrons. The van der Waals surface area contributed by atoms with Gasteiger partial charge in [-0.15, -0.1) is 11.3 Å². The fourth-order valence-electron chi connectivity index (χ4n) is 1.37. The summed E-state index contributed by atoms with van der Waals surface area (Å²) < 4.78 is 5.29. The highest BCUT2D eigenvalue weighted by Crippen LogP contribution is 2.26. The lowest BCUT2D eigenvalue weighted by atomic mass is 10.3. The van der Waals surface area contributed by atoms with Gasteiger partial charge in [-0.1, -0.05) is 23.2 Å². The Labute approximate surface area is 129 Å². The van der Waals surface area contributed by atoms with E-state index in [9.17, 15) is 4.79 Å². The Morgan fingerprint density at radius 2 is 2.15 bits per heavy atom. The Morgan fingerprint density at radius 3 is 2.85 bits per heavy atom. The maximum Gasteiger partial charge on any atom is 0.262 e. The zero-order valence-electron chi connectivity index (χ0n) is 10.0. The van der Waals surface area contributed by atoms with Gasteiger partial charge in [-0.2, -0.15) is 5.26 Å². The second-order valence-electron chi connectivity index (χ2n) is 3.69. The number of halogens is 2. The summed E-state index contributed by atoms with van der Waals surface area (Å²) >= 11 is 12.9. The normalized spacial score (nSPS) is 9.85. The first-order chi connectivity index (χ1) is 9.60. The van der Waals surface area contributed by atoms with E-state index in [1.807, 2.05) is 6.07 Å². The number of amides is 1. The number of thiophene rings is 1. The SMILES string of the molecule is N#Cc1ccsc1NC(=O)COc1ccc(Cl)c(Cl)c1. The van der Waals surface area contributed by atoms with Crippen molar-refractivity contribution >= 4 is 45.4 Å². The average molecular weight is 327 g/mol. The fraction of sp³-hybridized carbons (Fsp3) is 0.0769. The van der Waals surface area contributed by atoms with Gasteiger partial charge in [0.15, 0.2) is 6.61 Å². The number of nitrogens with zero attached hydrogens (tertiary/aromatic N) is 1. The Balaban J connectivity index is 1.92. The minimum absolute atomic E-state index is 0.180. The van der Waals surface area contributed by atoms with Crippen LogP contribution in [0.1, 0.15) is 5.56 Å². The van der Waals surface area contributed by atoms with Crippen LogP contribution >= 0.6 is 34.5 Å². The molecule has 0 spiro atoms. The van der Waals surface area contributed by atoms with Crippen molar-refractivity contribution in [2.24, 2.45) is 0 Å². The van der Waals surface area contributed by atoms with Crippen LogP contribution in [-0.2, 0) is 4.79 Å². The molecule has 1 N–H and O–H groups in total. The third-order valence-corrected chi connectivity index (χ3v) is 3.87. The molecule has 0 saturated heterocycles. The molecule has 1 heterocycles. The van der Waals surface area contributed by atoms with E-state index in [4.69, 9.17) is 33.2 Å². The summed E-state index contributed by atoms with van der Waals surface area (Å²) in [5, 5.41) is 14.5. The van der Waals surface area contributed by atoms with E-state index in [2.05, 4.69) is 5.32 Å². The van der Waals surface area contributed by atoms with E-state index in [-0.39, 0.29) is 12.5 Å². The third kappa shape index (κ3) is 3.64. The Hall–Kier alpha value is -1.74. The predicted octanol–water partition coefficient (Wildman–Crippen LogP) is 3.94. The number of carbonyl (C=O) groups is 1. The lowest BCUT2D eigenvalue weighted by molar-refractivity contribution is -0.118. The van der Waals surface area contributed by atoms with Crippen molar-refractivity contribution in [3.05, 3.63) is 45.3 Å². The van der Waals surface area contributed by atoms with Gasteiger partial charge in [-0.3, -0.25) is 4.79 Å². The summed E-state index contributed by atoms with van der Waals surface area (Å²) in [5.41, 5.74) is 0.429. The van der Waals surface area contributed by atoms with Crippen molar-refractivity contribution in [1.82, 2.24) is 0 Å². The number of anilines is 1. The highest BCUT2D eigenvalue weighted by molar-refractivity contribution is 7.14. The van der Waals surface area contributed by atoms with E-state index in [0.717, 1.165) is 0 Å². The maximum atomic E-state index is 11.7. The summed E-state index contributed by atoms with van der Waals surface area (Å²) in [4.78, 5) is 11.7. The van der Waals surface area contributed by atoms with Gasteiger partial charge in [-0.25, -0.2) is 0 Å². The van der Waals surface area contributed by atoms with Gasteiger partial charge in [0.25, 0.3) is 5.91 Å². The van der Waals surface area contributed by atoms with E-state index < -0.39 is 0 Å². The van der Waals surface area contributed by atoms with Crippen molar-refractivity contribution < 1.29 is 9.53 Å². The lowest BCUT2D eigenvalue weighted by Crippen LogP contribution is -2.20. The summed E-state index contributed by atoms with van der Waals surface area (Å²) in [7, 11) is 0. The largest absolute Gasteiger partial charge is 0.484 e. The van der Waals surface area contributed by atoms with Gasteiger partial charge in [0.1, 0.15) is 16.8 Å². The molecule has 4 nitrogen and oxygen atoms in total. The molecule has 7 heteroatoms. The predicted molar refractivity (Wildman–Crippen MR) is 79.6 cm³/mol. The van der Waals surface area contributed by atoms with E-state index in [0.29, 0.717) is 26.4 Å². The summed E-state index contributed by atoms with van der Waals surface area (Å²) in [5.74, 6) is 0.0938. The van der Waals surface area contributed by atoms with Crippen LogP contribution in [0.5, 0.6) is 5.75 Å². The van der Waals surface area contributed by atoms with Gasteiger partial charge >= 0.3 is 0 Å². The molecule has 0 aliphatic carbocycles. The molecule has 1 aromatic heterocycles. The quantitative estimate of drug-likeness (QED) is 0.925. The van der Waals surface area contributed by atoms with Crippen LogP contribution in [0, 0.1) is 11.3 Å². The Bertz CT molecular complexity index is 679. The first kappa shape index (κ1) is 14.7. The van der Waals surface area contributed by atoms with Crippen LogP contribution in [0.15, 0.2) is 29.6 Å². The van der Waals surface area contributed by atoms with Crippen LogP contribution < -0.4 is 10.1 Å². The van der Waals surface area contributed by atoms with Gasteiger partial charge < -0.3 is 10.1 Å². The van der Waals surface area contributed by atoms with Gasteiger partial charge in [-0.05, 0) is 23.6 Å². The van der Waals surface area contributed by atoms with Crippen molar-refractivity contribution in [3.8, 4) is 11.8 Å². The van der Waals surface area contributed by atoms with Crippen LogP contribution in [0.3, 0.4) is 0 Å². The number of rotatable bonds is 4. The van der Waals surface area contributed by atoms with E-state index in [1.54, 1.807) is 23.6 Å². The minimum atomic E-state index is -0.352. The number of hydrogen-bond acceptors (Lipinski definition) is 4. The van der Waals surface area contributed by atoms with Crippen molar-refractivity contribution in [1.29, 1.82) is 5.26 Å². The van der Waals surface area contributed by atoms with Crippen molar-refractivity contribution in [2.45, 2.75) is 0 Å². The molecule has 0 saturated carbocycles. The molecule has 1 amide bonds. The highest BCUT2D eigenvalue weighted by Gasteiger charge is 2.09. The lowest BCUT2D eigenvalue weighted by Gasteiger charge is -2.07. The molecule has 0 radical (unpaired) electrons. The average Bonchev–Trinajstić information content (AvgIpc) is 2.87. The molecule has 2 aromatic rings. The van der Waals surface area contributed by atoms with Crippen molar-refractivity contribution in [3.63, 3.8) is 0 Å². The molecule has 1 aromatic carbocycles. The van der Waals surface area contributed by atoms with Crippen LogP contribution in [0.4, 0.5) is 5.00 Å². The number of hydrogen-bond donors (Lipinski definition) is 1. The smallest absolute Gasteiger partial charge is 0.262 e. The number of carbonyl (C=O) groups excluding carboxylic acids is 1. The molecular formula is C13H8Cl2N2O2S. The number of ether oxygens (including phenoxy) is 1. The molecule has 0 aliphatic heterocycles. The van der Waals surface area contributed by atoms with Gasteiger partial charge in [0.2, 0.25) is 0 Å². The fourth-order valence-corrected chi connectivity index (χ4v) is 2.41. The zero-order valence-corrected chi connectivity index (χ0v) is 12.4. The second kappa shape index (κ2) is 6.62. The molecule has 20 heavy (non-hydrogen) atoms. The molecule has 0 bridgehead atoms. The Morgan fingerprint density at radius 1 is 1.35 bits per heavy atom. The monoisotopic (exact) mass is 326 g/mol. The molecule has 0 atom stereocenters. The molecule has 0 fully saturated rings. The van der Waals surface area contributed by atoms with Crippen molar-refractivity contribution in [2.75, 3.05) is 11.9 Å². The number of nitrogens with one attached hydrogen (secondary N) is 1. The van der Waals surface area contributed by atoms with Crippen LogP contribution in [-0.4, -0.2) is 12.5 Å². The minimum Gasteiger partial charge on any atom is -0.484 e. The Kier molecular flexibility index (Phi) is 4.85. The first-order valence-electron chi connectivity index (χ1n) is 5.45. The zero-order chi connectivity index (χ0) is 14.5. The van der Waals surface area contributed by atoms with Crippen LogP contribution in [0.2, 0.25) is 10.0 Å². The van der Waals surface area contributed by atoms with E-state index >= 15 is 0 Å². The topological polar surface area (TPSA) is 62.1 Å². The van der Waals surface area contributed by atoms with E-state index in [1.165, 1.54) is 17.4 Å². The third-order valence-electron chi connectivity index (χ3n) is 2.30. The van der Waals surface area contributed by atoms with Crippen LogP contribution in [0.25, 0.3) is 0 Å². The molecule has 0 aliphatic rings. The number of nitriles is 1. The standard InChI is InChI=1S/C13H8Cl2N2O2S/c14-10-2-1-9(5-11(10)15)19-7-12(18)17-13-8(6-16)3-4-20-13/h1-5H,7H2,(H,17,18). The number of benzene rings is 1. The molecule has 0 unspecified atom stereocenters. The maximum absolute atomic E-state index is 11.7. The first-order valence-corrected chi connectivity index (χ1v) is 7.09. The van der Waals surface area contributed by atoms with Gasteiger partial charge in [0.05, 0.1) is 15.6 Å². The summed E-state index contributed by atoms with van der Waals surface area (Å²) in [6.07, 6.45) is 0. The second-order valence-corrected chi connectivity index (χ2v) is 5.42. The molecular weight excluding hydrogens is 319 g/mol. The highest BCUT2D eigenvalue weighted by atomic mass is 35.5.